The number of alkyl halides is 3. The number of halogens is 3. The maximum Gasteiger partial charge on any atom is 0.418 e. The second-order valence-corrected chi connectivity index (χ2v) is 7.30. The number of rotatable bonds is 2. The van der Waals surface area contributed by atoms with Gasteiger partial charge in [0.25, 0.3) is 0 Å². The summed E-state index contributed by atoms with van der Waals surface area (Å²) in [7, 11) is 0. The van der Waals surface area contributed by atoms with Crippen LogP contribution in [0, 0.1) is 18.3 Å². The molecular weight excluding hydrogens is 337 g/mol. The molecule has 1 aromatic rings. The summed E-state index contributed by atoms with van der Waals surface area (Å²) < 4.78 is 44.2. The van der Waals surface area contributed by atoms with E-state index in [2.05, 4.69) is 4.98 Å². The van der Waals surface area contributed by atoms with Gasteiger partial charge in [-0.3, -0.25) is 0 Å². The van der Waals surface area contributed by atoms with Crippen molar-refractivity contribution in [2.45, 2.75) is 45.4 Å². The van der Waals surface area contributed by atoms with Crippen LogP contribution in [0.2, 0.25) is 0 Å². The van der Waals surface area contributed by atoms with Gasteiger partial charge >= 0.3 is 12.3 Å². The van der Waals surface area contributed by atoms with E-state index in [0.29, 0.717) is 13.1 Å². The van der Waals surface area contributed by atoms with E-state index in [1.54, 1.807) is 0 Å². The van der Waals surface area contributed by atoms with E-state index in [9.17, 15) is 18.0 Å². The Labute approximate surface area is 143 Å². The summed E-state index contributed by atoms with van der Waals surface area (Å²) in [6.07, 6.45) is -2.97. The number of aromatic nitrogens is 1. The Morgan fingerprint density at radius 1 is 1.40 bits per heavy atom. The number of carbonyl (C=O) groups is 1. The molecule has 1 unspecified atom stereocenters. The van der Waals surface area contributed by atoms with Crippen LogP contribution in [-0.2, 0) is 6.18 Å². The monoisotopic (exact) mass is 358 g/mol. The van der Waals surface area contributed by atoms with Crippen LogP contribution >= 0.6 is 0 Å². The van der Waals surface area contributed by atoms with Gasteiger partial charge in [0.2, 0.25) is 5.88 Å². The predicted molar refractivity (Wildman–Crippen MR) is 83.4 cm³/mol. The van der Waals surface area contributed by atoms with Crippen molar-refractivity contribution in [3.8, 4) is 5.88 Å². The minimum absolute atomic E-state index is 0.0289. The van der Waals surface area contributed by atoms with Crippen molar-refractivity contribution < 1.29 is 27.8 Å². The molecule has 1 amide bonds. The average molecular weight is 358 g/mol. The first kappa shape index (κ1) is 17.8. The highest BCUT2D eigenvalue weighted by atomic mass is 19.4. The molecule has 2 heterocycles. The molecule has 138 valence electrons. The molecule has 1 saturated heterocycles. The molecule has 2 atom stereocenters. The van der Waals surface area contributed by atoms with E-state index in [-0.39, 0.29) is 29.0 Å². The molecule has 1 N–H and O–H groups in total. The van der Waals surface area contributed by atoms with Crippen LogP contribution in [0.25, 0.3) is 0 Å². The highest BCUT2D eigenvalue weighted by molar-refractivity contribution is 5.66. The van der Waals surface area contributed by atoms with E-state index in [1.807, 2.05) is 6.92 Å². The highest BCUT2D eigenvalue weighted by Gasteiger charge is 2.49. The molecule has 1 spiro atoms. The Hall–Kier alpha value is -1.99. The number of likely N-dealkylation sites (tertiary alicyclic amines) is 1. The Morgan fingerprint density at radius 3 is 2.60 bits per heavy atom. The summed E-state index contributed by atoms with van der Waals surface area (Å²) >= 11 is 0. The van der Waals surface area contributed by atoms with Crippen LogP contribution in [0.4, 0.5) is 18.0 Å². The Balaban J connectivity index is 1.62. The van der Waals surface area contributed by atoms with Crippen molar-refractivity contribution in [2.24, 2.45) is 11.3 Å². The summed E-state index contributed by atoms with van der Waals surface area (Å²) in [5, 5.41) is 8.98. The normalized spacial score (nSPS) is 25.6. The van der Waals surface area contributed by atoms with Crippen LogP contribution in [0.15, 0.2) is 12.1 Å². The number of carboxylic acid groups (broad SMARTS) is 1. The lowest BCUT2D eigenvalue weighted by Gasteiger charge is -2.53. The average Bonchev–Trinajstić information content (AvgIpc) is 2.45. The lowest BCUT2D eigenvalue weighted by Crippen LogP contribution is -2.61. The van der Waals surface area contributed by atoms with Crippen molar-refractivity contribution in [1.82, 2.24) is 9.88 Å². The van der Waals surface area contributed by atoms with Gasteiger partial charge in [0.05, 0.1) is 11.3 Å². The minimum atomic E-state index is -4.42. The van der Waals surface area contributed by atoms with Crippen LogP contribution in [-0.4, -0.2) is 40.3 Å². The fraction of sp³-hybridized carbons (Fsp3) is 0.647. The van der Waals surface area contributed by atoms with Gasteiger partial charge in [0, 0.05) is 24.6 Å². The SMILES string of the molecule is Cc1nc(OC2CCC3(C[C@H]2C)CN(C(=O)O)C3)ccc1C(F)(F)F. The van der Waals surface area contributed by atoms with Gasteiger partial charge in [-0.15, -0.1) is 0 Å². The molecule has 2 fully saturated rings. The quantitative estimate of drug-likeness (QED) is 0.869. The van der Waals surface area contributed by atoms with Crippen molar-refractivity contribution in [2.75, 3.05) is 13.1 Å². The van der Waals surface area contributed by atoms with Crippen LogP contribution in [0.5, 0.6) is 5.88 Å². The standard InChI is InChI=1S/C17H21F3N2O3/c1-10-7-16(8-22(9-16)15(23)24)6-5-13(10)25-14-4-3-12(11(2)21-14)17(18,19)20/h3-4,10,13H,5-9H2,1-2H3,(H,23,24)/t10-,13?/m1/s1. The second kappa shape index (κ2) is 6.07. The molecule has 1 aromatic heterocycles. The molecule has 1 aliphatic heterocycles. The van der Waals surface area contributed by atoms with Gasteiger partial charge in [-0.05, 0) is 38.2 Å². The third-order valence-corrected chi connectivity index (χ3v) is 5.31. The summed E-state index contributed by atoms with van der Waals surface area (Å²) in [4.78, 5) is 16.3. The Kier molecular flexibility index (Phi) is 4.33. The Morgan fingerprint density at radius 2 is 2.08 bits per heavy atom. The fourth-order valence-corrected chi connectivity index (χ4v) is 4.07. The van der Waals surface area contributed by atoms with Crippen LogP contribution < -0.4 is 4.74 Å². The van der Waals surface area contributed by atoms with Gasteiger partial charge in [-0.1, -0.05) is 6.92 Å². The molecule has 8 heteroatoms. The number of ether oxygens (including phenoxy) is 1. The molecule has 0 radical (unpaired) electrons. The number of hydrogen-bond acceptors (Lipinski definition) is 3. The number of pyridine rings is 1. The zero-order valence-electron chi connectivity index (χ0n) is 14.1. The topological polar surface area (TPSA) is 62.7 Å². The lowest BCUT2D eigenvalue weighted by atomic mass is 9.64. The molecule has 5 nitrogen and oxygen atoms in total. The van der Waals surface area contributed by atoms with Gasteiger partial charge in [-0.25, -0.2) is 9.78 Å². The molecule has 3 rings (SSSR count). The molecule has 1 aliphatic carbocycles. The maximum atomic E-state index is 12.8. The van der Waals surface area contributed by atoms with E-state index in [0.717, 1.165) is 25.3 Å². The molecule has 0 aromatic carbocycles. The Bertz CT molecular complexity index is 672. The maximum absolute atomic E-state index is 12.8. The van der Waals surface area contributed by atoms with Crippen LogP contribution in [0.1, 0.15) is 37.4 Å². The zero-order chi connectivity index (χ0) is 18.4. The van der Waals surface area contributed by atoms with Crippen molar-refractivity contribution in [1.29, 1.82) is 0 Å². The van der Waals surface area contributed by atoms with Crippen molar-refractivity contribution in [3.05, 3.63) is 23.4 Å². The number of nitrogens with zero attached hydrogens (tertiary/aromatic N) is 2. The summed E-state index contributed by atoms with van der Waals surface area (Å²) in [6.45, 7) is 4.46. The number of aryl methyl sites for hydroxylation is 1. The number of amides is 1. The zero-order valence-corrected chi connectivity index (χ0v) is 14.1. The molecule has 1 saturated carbocycles. The van der Waals surface area contributed by atoms with Gasteiger partial charge < -0.3 is 14.7 Å². The fourth-order valence-electron chi connectivity index (χ4n) is 4.07. The molecule has 0 bridgehead atoms. The predicted octanol–water partition coefficient (Wildman–Crippen LogP) is 3.96. The van der Waals surface area contributed by atoms with E-state index in [1.165, 1.54) is 17.9 Å². The first-order chi connectivity index (χ1) is 11.6. The van der Waals surface area contributed by atoms with Crippen LogP contribution in [0.3, 0.4) is 0 Å². The van der Waals surface area contributed by atoms with Gasteiger partial charge in [-0.2, -0.15) is 13.2 Å². The first-order valence-corrected chi connectivity index (χ1v) is 8.29. The van der Waals surface area contributed by atoms with E-state index >= 15 is 0 Å². The van der Waals surface area contributed by atoms with E-state index < -0.39 is 17.8 Å². The highest BCUT2D eigenvalue weighted by Crippen LogP contribution is 2.46. The smallest absolute Gasteiger partial charge is 0.418 e. The largest absolute Gasteiger partial charge is 0.474 e. The lowest BCUT2D eigenvalue weighted by molar-refractivity contribution is -0.138. The number of hydrogen-bond donors (Lipinski definition) is 1. The first-order valence-electron chi connectivity index (χ1n) is 8.29. The summed E-state index contributed by atoms with van der Waals surface area (Å²) in [5.41, 5.74) is -0.819. The van der Waals surface area contributed by atoms with E-state index in [4.69, 9.17) is 9.84 Å². The van der Waals surface area contributed by atoms with Gasteiger partial charge in [0.1, 0.15) is 6.10 Å². The molecule has 2 aliphatic rings. The van der Waals surface area contributed by atoms with Crippen molar-refractivity contribution in [3.63, 3.8) is 0 Å². The minimum Gasteiger partial charge on any atom is -0.474 e. The van der Waals surface area contributed by atoms with Crippen molar-refractivity contribution >= 4 is 6.09 Å². The summed E-state index contributed by atoms with van der Waals surface area (Å²) in [6, 6.07) is 2.27. The molecular formula is C17H21F3N2O3. The second-order valence-electron chi connectivity index (χ2n) is 7.30. The third kappa shape index (κ3) is 3.52. The molecule has 25 heavy (non-hydrogen) atoms. The third-order valence-electron chi connectivity index (χ3n) is 5.31. The summed E-state index contributed by atoms with van der Waals surface area (Å²) in [5.74, 6) is 0.396. The van der Waals surface area contributed by atoms with Gasteiger partial charge in [0.15, 0.2) is 0 Å².